The summed E-state index contributed by atoms with van der Waals surface area (Å²) < 4.78 is 5.65. The largest absolute Gasteiger partial charge is 0.494 e. The molecule has 1 amide bonds. The summed E-state index contributed by atoms with van der Waals surface area (Å²) in [7, 11) is 0. The monoisotopic (exact) mass is 363 g/mol. The first-order valence-corrected chi connectivity index (χ1v) is 8.92. The number of nitriles is 1. The van der Waals surface area contributed by atoms with Crippen molar-refractivity contribution >= 4 is 11.6 Å². The van der Waals surface area contributed by atoms with Gasteiger partial charge in [0.2, 0.25) is 0 Å². The van der Waals surface area contributed by atoms with Crippen LogP contribution in [0.1, 0.15) is 36.6 Å². The second-order valence-corrected chi connectivity index (χ2v) is 6.35. The summed E-state index contributed by atoms with van der Waals surface area (Å²) in [4.78, 5) is 12.5. The van der Waals surface area contributed by atoms with Crippen molar-refractivity contribution in [3.63, 3.8) is 0 Å². The topological polar surface area (TPSA) is 74.1 Å². The first-order chi connectivity index (χ1) is 12.9. The SMILES string of the molecule is CCOc1ccc(C)cc1C(C)NC(=O)/C(C#N)=C\Nc1ccc(C)cc1. The number of nitrogens with zero attached hydrogens (tertiary/aromatic N) is 1. The van der Waals surface area contributed by atoms with Gasteiger partial charge in [-0.3, -0.25) is 4.79 Å². The molecule has 2 N–H and O–H groups in total. The maximum Gasteiger partial charge on any atom is 0.263 e. The van der Waals surface area contributed by atoms with Crippen LogP contribution in [0, 0.1) is 25.2 Å². The summed E-state index contributed by atoms with van der Waals surface area (Å²) >= 11 is 0. The van der Waals surface area contributed by atoms with E-state index in [1.54, 1.807) is 0 Å². The lowest BCUT2D eigenvalue weighted by Crippen LogP contribution is -2.28. The maximum atomic E-state index is 12.5. The number of carbonyl (C=O) groups is 1. The molecule has 0 saturated carbocycles. The summed E-state index contributed by atoms with van der Waals surface area (Å²) in [5.74, 6) is 0.296. The van der Waals surface area contributed by atoms with Gasteiger partial charge in [0.25, 0.3) is 5.91 Å². The zero-order valence-electron chi connectivity index (χ0n) is 16.2. The van der Waals surface area contributed by atoms with Crippen molar-refractivity contribution < 1.29 is 9.53 Å². The van der Waals surface area contributed by atoms with Gasteiger partial charge < -0.3 is 15.4 Å². The first kappa shape index (κ1) is 20.1. The van der Waals surface area contributed by atoms with Gasteiger partial charge in [-0.15, -0.1) is 0 Å². The minimum Gasteiger partial charge on any atom is -0.494 e. The van der Waals surface area contributed by atoms with Crippen molar-refractivity contribution in [1.82, 2.24) is 5.32 Å². The molecule has 1 atom stereocenters. The Kier molecular flexibility index (Phi) is 7.01. The van der Waals surface area contributed by atoms with Gasteiger partial charge in [0.15, 0.2) is 0 Å². The molecule has 0 aromatic heterocycles. The van der Waals surface area contributed by atoms with Gasteiger partial charge >= 0.3 is 0 Å². The van der Waals surface area contributed by atoms with Crippen LogP contribution in [-0.2, 0) is 4.79 Å². The lowest BCUT2D eigenvalue weighted by atomic mass is 10.0. The number of aryl methyl sites for hydroxylation is 2. The summed E-state index contributed by atoms with van der Waals surface area (Å²) in [6.07, 6.45) is 1.42. The first-order valence-electron chi connectivity index (χ1n) is 8.92. The number of hydrogen-bond donors (Lipinski definition) is 2. The molecule has 0 radical (unpaired) electrons. The Morgan fingerprint density at radius 2 is 1.85 bits per heavy atom. The summed E-state index contributed by atoms with van der Waals surface area (Å²) in [6, 6.07) is 15.2. The highest BCUT2D eigenvalue weighted by molar-refractivity contribution is 5.97. The van der Waals surface area contributed by atoms with E-state index in [1.807, 2.05) is 76.2 Å². The predicted molar refractivity (Wildman–Crippen MR) is 107 cm³/mol. The molecule has 0 saturated heterocycles. The van der Waals surface area contributed by atoms with Crippen LogP contribution in [0.25, 0.3) is 0 Å². The second-order valence-electron chi connectivity index (χ2n) is 6.35. The second kappa shape index (κ2) is 9.44. The molecular formula is C22H25N3O2. The van der Waals surface area contributed by atoms with E-state index in [0.717, 1.165) is 28.1 Å². The molecule has 0 aliphatic carbocycles. The number of rotatable bonds is 7. The van der Waals surface area contributed by atoms with E-state index in [-0.39, 0.29) is 11.6 Å². The van der Waals surface area contributed by atoms with E-state index < -0.39 is 5.91 Å². The number of anilines is 1. The number of benzene rings is 2. The van der Waals surface area contributed by atoms with Crippen LogP contribution in [-0.4, -0.2) is 12.5 Å². The van der Waals surface area contributed by atoms with Crippen molar-refractivity contribution in [2.24, 2.45) is 0 Å². The maximum absolute atomic E-state index is 12.5. The number of carbonyl (C=O) groups excluding carboxylic acids is 1. The lowest BCUT2D eigenvalue weighted by Gasteiger charge is -2.18. The molecule has 0 aliphatic heterocycles. The normalized spacial score (nSPS) is 12.0. The smallest absolute Gasteiger partial charge is 0.263 e. The molecule has 140 valence electrons. The average Bonchev–Trinajstić information content (AvgIpc) is 2.65. The molecule has 0 aliphatic rings. The molecule has 0 spiro atoms. The highest BCUT2D eigenvalue weighted by Gasteiger charge is 2.17. The van der Waals surface area contributed by atoms with E-state index in [0.29, 0.717) is 6.61 Å². The van der Waals surface area contributed by atoms with Crippen LogP contribution >= 0.6 is 0 Å². The Labute approximate surface area is 160 Å². The van der Waals surface area contributed by atoms with Gasteiger partial charge in [-0.1, -0.05) is 35.4 Å². The number of hydrogen-bond acceptors (Lipinski definition) is 4. The van der Waals surface area contributed by atoms with Gasteiger partial charge in [-0.05, 0) is 45.9 Å². The zero-order chi connectivity index (χ0) is 19.8. The molecule has 5 heteroatoms. The quantitative estimate of drug-likeness (QED) is 0.565. The summed E-state index contributed by atoms with van der Waals surface area (Å²) in [5.41, 5.74) is 3.92. The lowest BCUT2D eigenvalue weighted by molar-refractivity contribution is -0.117. The fourth-order valence-electron chi connectivity index (χ4n) is 2.60. The molecule has 2 aromatic rings. The van der Waals surface area contributed by atoms with Gasteiger partial charge in [0.1, 0.15) is 17.4 Å². The van der Waals surface area contributed by atoms with E-state index in [2.05, 4.69) is 10.6 Å². The number of nitrogens with one attached hydrogen (secondary N) is 2. The molecule has 1 unspecified atom stereocenters. The van der Waals surface area contributed by atoms with Gasteiger partial charge in [0, 0.05) is 17.5 Å². The van der Waals surface area contributed by atoms with Crippen molar-refractivity contribution in [3.05, 3.63) is 70.9 Å². The zero-order valence-corrected chi connectivity index (χ0v) is 16.2. The van der Waals surface area contributed by atoms with E-state index in [1.165, 1.54) is 6.20 Å². The highest BCUT2D eigenvalue weighted by Crippen LogP contribution is 2.26. The van der Waals surface area contributed by atoms with Crippen LogP contribution in [0.15, 0.2) is 54.2 Å². The molecule has 0 bridgehead atoms. The number of amides is 1. The average molecular weight is 363 g/mol. The third kappa shape index (κ3) is 5.61. The van der Waals surface area contributed by atoms with Crippen LogP contribution < -0.4 is 15.4 Å². The summed E-state index contributed by atoms with van der Waals surface area (Å²) in [5, 5.41) is 15.2. The summed E-state index contributed by atoms with van der Waals surface area (Å²) in [6.45, 7) is 8.31. The fourth-order valence-corrected chi connectivity index (χ4v) is 2.60. The molecule has 0 fully saturated rings. The van der Waals surface area contributed by atoms with E-state index in [9.17, 15) is 10.1 Å². The van der Waals surface area contributed by atoms with Crippen molar-refractivity contribution in [2.75, 3.05) is 11.9 Å². The Bertz CT molecular complexity index is 864. The predicted octanol–water partition coefficient (Wildman–Crippen LogP) is 4.40. The van der Waals surface area contributed by atoms with Crippen molar-refractivity contribution in [1.29, 1.82) is 5.26 Å². The molecule has 2 rings (SSSR count). The van der Waals surface area contributed by atoms with E-state index >= 15 is 0 Å². The Balaban J connectivity index is 2.12. The Hall–Kier alpha value is -3.26. The van der Waals surface area contributed by atoms with Gasteiger partial charge in [-0.25, -0.2) is 0 Å². The Morgan fingerprint density at radius 3 is 2.48 bits per heavy atom. The Morgan fingerprint density at radius 1 is 1.19 bits per heavy atom. The van der Waals surface area contributed by atoms with Gasteiger partial charge in [-0.2, -0.15) is 5.26 Å². The third-order valence-corrected chi connectivity index (χ3v) is 4.08. The van der Waals surface area contributed by atoms with E-state index in [4.69, 9.17) is 4.74 Å². The van der Waals surface area contributed by atoms with Crippen molar-refractivity contribution in [3.8, 4) is 11.8 Å². The molecule has 2 aromatic carbocycles. The minimum absolute atomic E-state index is 0.00744. The number of ether oxygens (including phenoxy) is 1. The van der Waals surface area contributed by atoms with Crippen LogP contribution in [0.4, 0.5) is 5.69 Å². The highest BCUT2D eigenvalue weighted by atomic mass is 16.5. The van der Waals surface area contributed by atoms with Crippen LogP contribution in [0.5, 0.6) is 5.75 Å². The standard InChI is InChI=1S/C22H25N3O2/c1-5-27-21-11-8-16(3)12-20(21)17(4)25-22(26)18(13-23)14-24-19-9-6-15(2)7-10-19/h6-12,14,17,24H,5H2,1-4H3,(H,25,26)/b18-14-. The molecule has 5 nitrogen and oxygen atoms in total. The van der Waals surface area contributed by atoms with Crippen LogP contribution in [0.2, 0.25) is 0 Å². The van der Waals surface area contributed by atoms with Gasteiger partial charge in [0.05, 0.1) is 12.6 Å². The molecule has 0 heterocycles. The van der Waals surface area contributed by atoms with Crippen LogP contribution in [0.3, 0.4) is 0 Å². The minimum atomic E-state index is -0.437. The fraction of sp³-hybridized carbons (Fsp3) is 0.273. The van der Waals surface area contributed by atoms with Crippen molar-refractivity contribution in [2.45, 2.75) is 33.7 Å². The molecule has 27 heavy (non-hydrogen) atoms. The molecular weight excluding hydrogens is 338 g/mol. The third-order valence-electron chi connectivity index (χ3n) is 4.08.